The third-order valence-electron chi connectivity index (χ3n) is 7.20. The van der Waals surface area contributed by atoms with Crippen LogP contribution in [0.5, 0.6) is 0 Å². The van der Waals surface area contributed by atoms with Crippen LogP contribution < -0.4 is 9.80 Å². The zero-order valence-corrected chi connectivity index (χ0v) is 20.3. The first-order chi connectivity index (χ1) is 16.5. The Morgan fingerprint density at radius 1 is 0.794 bits per heavy atom. The molecule has 2 saturated heterocycles. The van der Waals surface area contributed by atoms with E-state index in [2.05, 4.69) is 64.4 Å². The fraction of sp³-hybridized carbons (Fsp3) is 0.560. The van der Waals surface area contributed by atoms with Crippen LogP contribution in [-0.4, -0.2) is 90.6 Å². The minimum absolute atomic E-state index is 0.453. The van der Waals surface area contributed by atoms with Gasteiger partial charge in [-0.25, -0.2) is 15.0 Å². The van der Waals surface area contributed by atoms with Crippen molar-refractivity contribution >= 4 is 22.7 Å². The van der Waals surface area contributed by atoms with E-state index in [-0.39, 0.29) is 0 Å². The zero-order valence-electron chi connectivity index (χ0n) is 20.3. The summed E-state index contributed by atoms with van der Waals surface area (Å²) in [7, 11) is 2.18. The van der Waals surface area contributed by atoms with Gasteiger partial charge in [0.25, 0.3) is 0 Å². The Morgan fingerprint density at radius 3 is 2.26 bits per heavy atom. The molecule has 180 valence electrons. The van der Waals surface area contributed by atoms with E-state index in [4.69, 9.17) is 24.4 Å². The number of morpholine rings is 1. The summed E-state index contributed by atoms with van der Waals surface area (Å²) in [4.78, 5) is 22.2. The number of anilines is 2. The van der Waals surface area contributed by atoms with Crippen molar-refractivity contribution in [2.45, 2.75) is 26.0 Å². The van der Waals surface area contributed by atoms with Gasteiger partial charge in [-0.15, -0.1) is 0 Å². The number of rotatable bonds is 3. The third-order valence-corrected chi connectivity index (χ3v) is 7.20. The van der Waals surface area contributed by atoms with Crippen molar-refractivity contribution in [1.82, 2.24) is 24.4 Å². The van der Waals surface area contributed by atoms with Crippen LogP contribution in [0.2, 0.25) is 0 Å². The standard InChI is InChI=1S/C25H33N7O2/c1-25(2)24-26-20-22(31-12-15-33-16-13-31)27-21(28-23(20)32(24)14-17-34-25)18-4-6-19(7-5-18)30-10-8-29(3)9-11-30/h4-7H,8-17H2,1-3H3. The number of nitrogens with zero attached hydrogens (tertiary/aromatic N) is 7. The lowest BCUT2D eigenvalue weighted by molar-refractivity contribution is -0.0530. The normalized spacial score (nSPS) is 21.1. The van der Waals surface area contributed by atoms with E-state index in [1.54, 1.807) is 0 Å². The fourth-order valence-corrected chi connectivity index (χ4v) is 5.13. The summed E-state index contributed by atoms with van der Waals surface area (Å²) in [6, 6.07) is 8.70. The molecule has 5 heterocycles. The van der Waals surface area contributed by atoms with Crippen molar-refractivity contribution in [2.75, 3.05) is 75.9 Å². The number of aromatic nitrogens is 4. The lowest BCUT2D eigenvalue weighted by Gasteiger charge is -2.34. The van der Waals surface area contributed by atoms with Gasteiger partial charge in [0.1, 0.15) is 11.4 Å². The topological polar surface area (TPSA) is 71.8 Å². The van der Waals surface area contributed by atoms with Gasteiger partial charge in [-0.2, -0.15) is 0 Å². The summed E-state index contributed by atoms with van der Waals surface area (Å²) in [5.41, 5.74) is 3.57. The van der Waals surface area contributed by atoms with E-state index < -0.39 is 5.60 Å². The first-order valence-corrected chi connectivity index (χ1v) is 12.3. The van der Waals surface area contributed by atoms with Crippen LogP contribution in [0, 0.1) is 0 Å². The van der Waals surface area contributed by atoms with E-state index in [0.29, 0.717) is 19.8 Å². The average Bonchev–Trinajstić information content (AvgIpc) is 3.25. The Morgan fingerprint density at radius 2 is 1.53 bits per heavy atom. The Kier molecular flexibility index (Phi) is 5.43. The van der Waals surface area contributed by atoms with Gasteiger partial charge in [-0.1, -0.05) is 0 Å². The SMILES string of the molecule is CN1CCN(c2ccc(-c3nc(N4CCOCC4)c4nc5n(c4n3)CCOC5(C)C)cc2)CC1. The van der Waals surface area contributed by atoms with Crippen molar-refractivity contribution < 1.29 is 9.47 Å². The highest BCUT2D eigenvalue weighted by Crippen LogP contribution is 2.35. The molecule has 2 aromatic heterocycles. The number of likely N-dealkylation sites (N-methyl/N-ethyl adjacent to an activating group) is 1. The third kappa shape index (κ3) is 3.81. The van der Waals surface area contributed by atoms with Crippen molar-refractivity contribution in [3.05, 3.63) is 30.1 Å². The first kappa shape index (κ1) is 21.8. The van der Waals surface area contributed by atoms with Gasteiger partial charge in [0.2, 0.25) is 0 Å². The fourth-order valence-electron chi connectivity index (χ4n) is 5.13. The van der Waals surface area contributed by atoms with E-state index in [9.17, 15) is 0 Å². The molecule has 0 saturated carbocycles. The number of hydrogen-bond donors (Lipinski definition) is 0. The molecule has 2 fully saturated rings. The molecule has 0 N–H and O–H groups in total. The highest BCUT2D eigenvalue weighted by molar-refractivity contribution is 5.86. The highest BCUT2D eigenvalue weighted by atomic mass is 16.5. The molecule has 0 unspecified atom stereocenters. The lowest BCUT2D eigenvalue weighted by Crippen LogP contribution is -2.44. The lowest BCUT2D eigenvalue weighted by atomic mass is 10.1. The molecule has 0 bridgehead atoms. The smallest absolute Gasteiger partial charge is 0.166 e. The van der Waals surface area contributed by atoms with Crippen molar-refractivity contribution in [3.63, 3.8) is 0 Å². The molecule has 1 aromatic carbocycles. The van der Waals surface area contributed by atoms with Gasteiger partial charge in [-0.05, 0) is 45.2 Å². The second-order valence-electron chi connectivity index (χ2n) is 9.93. The molecule has 34 heavy (non-hydrogen) atoms. The highest BCUT2D eigenvalue weighted by Gasteiger charge is 2.34. The van der Waals surface area contributed by atoms with Crippen molar-refractivity contribution in [2.24, 2.45) is 0 Å². The Labute approximate surface area is 200 Å². The van der Waals surface area contributed by atoms with Crippen LogP contribution in [-0.2, 0) is 21.6 Å². The monoisotopic (exact) mass is 463 g/mol. The minimum Gasteiger partial charge on any atom is -0.378 e. The molecule has 9 nitrogen and oxygen atoms in total. The maximum atomic E-state index is 6.03. The molecular weight excluding hydrogens is 430 g/mol. The summed E-state index contributed by atoms with van der Waals surface area (Å²) in [5.74, 6) is 2.55. The summed E-state index contributed by atoms with van der Waals surface area (Å²) >= 11 is 0. The average molecular weight is 464 g/mol. The van der Waals surface area contributed by atoms with Gasteiger partial charge in [0.15, 0.2) is 22.8 Å². The summed E-state index contributed by atoms with van der Waals surface area (Å²) < 4.78 is 13.8. The van der Waals surface area contributed by atoms with Crippen molar-refractivity contribution in [3.8, 4) is 11.4 Å². The molecular formula is C25H33N7O2. The van der Waals surface area contributed by atoms with Crippen LogP contribution in [0.3, 0.4) is 0 Å². The molecule has 0 amide bonds. The Bertz CT molecular complexity index is 1180. The predicted octanol–water partition coefficient (Wildman–Crippen LogP) is 2.35. The number of benzene rings is 1. The molecule has 0 spiro atoms. The summed E-state index contributed by atoms with van der Waals surface area (Å²) in [6.45, 7) is 12.8. The van der Waals surface area contributed by atoms with Gasteiger partial charge in [0.05, 0.1) is 19.8 Å². The van der Waals surface area contributed by atoms with Gasteiger partial charge >= 0.3 is 0 Å². The summed E-state index contributed by atoms with van der Waals surface area (Å²) in [6.07, 6.45) is 0. The van der Waals surface area contributed by atoms with E-state index in [1.807, 2.05) is 0 Å². The maximum absolute atomic E-state index is 6.03. The zero-order chi connectivity index (χ0) is 23.3. The van der Waals surface area contributed by atoms with Crippen LogP contribution in [0.15, 0.2) is 24.3 Å². The number of piperazine rings is 1. The number of fused-ring (bicyclic) bond motifs is 3. The van der Waals surface area contributed by atoms with Gasteiger partial charge < -0.3 is 28.7 Å². The molecule has 0 atom stereocenters. The second kappa shape index (κ2) is 8.48. The van der Waals surface area contributed by atoms with E-state index in [0.717, 1.165) is 80.0 Å². The van der Waals surface area contributed by atoms with Crippen molar-refractivity contribution in [1.29, 1.82) is 0 Å². The van der Waals surface area contributed by atoms with Crippen LogP contribution in [0.4, 0.5) is 11.5 Å². The Hall–Kier alpha value is -2.75. The van der Waals surface area contributed by atoms with Gasteiger partial charge in [0, 0.05) is 57.1 Å². The quantitative estimate of drug-likeness (QED) is 0.586. The van der Waals surface area contributed by atoms with E-state index >= 15 is 0 Å². The molecule has 3 aliphatic heterocycles. The molecule has 3 aromatic rings. The largest absolute Gasteiger partial charge is 0.378 e. The molecule has 0 aliphatic carbocycles. The molecule has 0 radical (unpaired) electrons. The van der Waals surface area contributed by atoms with Gasteiger partial charge in [-0.3, -0.25) is 0 Å². The second-order valence-corrected chi connectivity index (χ2v) is 9.93. The van der Waals surface area contributed by atoms with Crippen LogP contribution in [0.25, 0.3) is 22.6 Å². The predicted molar refractivity (Wildman–Crippen MR) is 132 cm³/mol. The summed E-state index contributed by atoms with van der Waals surface area (Å²) in [5, 5.41) is 0. The minimum atomic E-state index is -0.453. The first-order valence-electron chi connectivity index (χ1n) is 12.3. The number of imidazole rings is 1. The van der Waals surface area contributed by atoms with Crippen LogP contribution in [0.1, 0.15) is 19.7 Å². The molecule has 9 heteroatoms. The number of hydrogen-bond acceptors (Lipinski definition) is 8. The molecule has 6 rings (SSSR count). The number of ether oxygens (including phenoxy) is 2. The van der Waals surface area contributed by atoms with Crippen LogP contribution >= 0.6 is 0 Å². The van der Waals surface area contributed by atoms with E-state index in [1.165, 1.54) is 5.69 Å². The Balaban J connectivity index is 1.42. The maximum Gasteiger partial charge on any atom is 0.166 e. The molecule has 3 aliphatic rings.